The first-order chi connectivity index (χ1) is 11.2. The highest BCUT2D eigenvalue weighted by Crippen LogP contribution is 2.17. The van der Waals surface area contributed by atoms with E-state index in [1.54, 1.807) is 4.57 Å². The molecule has 2 N–H and O–H groups in total. The van der Waals surface area contributed by atoms with Crippen LogP contribution in [0.5, 0.6) is 0 Å². The van der Waals surface area contributed by atoms with Crippen LogP contribution in [0.3, 0.4) is 0 Å². The molecule has 2 aromatic rings. The number of aromatic amines is 1. The second-order valence-electron chi connectivity index (χ2n) is 6.14. The molecule has 0 spiro atoms. The highest BCUT2D eigenvalue weighted by molar-refractivity contribution is 5.24. The summed E-state index contributed by atoms with van der Waals surface area (Å²) in [5.41, 5.74) is 3.72. The van der Waals surface area contributed by atoms with E-state index in [1.807, 2.05) is 7.05 Å². The van der Waals surface area contributed by atoms with Crippen LogP contribution >= 0.6 is 0 Å². The van der Waals surface area contributed by atoms with Gasteiger partial charge in [0.25, 0.3) is 5.56 Å². The van der Waals surface area contributed by atoms with Crippen LogP contribution < -0.4 is 16.6 Å². The molecule has 0 atom stereocenters. The van der Waals surface area contributed by atoms with Gasteiger partial charge < -0.3 is 5.32 Å². The fourth-order valence-electron chi connectivity index (χ4n) is 3.30. The van der Waals surface area contributed by atoms with Crippen molar-refractivity contribution in [2.24, 2.45) is 0 Å². The number of rotatable bonds is 5. The zero-order valence-corrected chi connectivity index (χ0v) is 13.5. The molecule has 5 nitrogen and oxygen atoms in total. The second-order valence-corrected chi connectivity index (χ2v) is 6.14. The monoisotopic (exact) mass is 313 g/mol. The summed E-state index contributed by atoms with van der Waals surface area (Å²) >= 11 is 0. The van der Waals surface area contributed by atoms with Crippen molar-refractivity contribution in [3.05, 3.63) is 67.5 Å². The van der Waals surface area contributed by atoms with Crippen LogP contribution in [0, 0.1) is 0 Å². The van der Waals surface area contributed by atoms with E-state index < -0.39 is 0 Å². The Balaban J connectivity index is 1.80. The van der Waals surface area contributed by atoms with Crippen LogP contribution in [0.4, 0.5) is 0 Å². The van der Waals surface area contributed by atoms with E-state index in [0.717, 1.165) is 49.9 Å². The molecule has 0 bridgehead atoms. The molecule has 1 aromatic heterocycles. The Morgan fingerprint density at radius 3 is 2.52 bits per heavy atom. The number of H-pyrrole nitrogens is 1. The zero-order chi connectivity index (χ0) is 16.2. The third-order valence-electron chi connectivity index (χ3n) is 4.53. The van der Waals surface area contributed by atoms with Crippen molar-refractivity contribution in [1.29, 1.82) is 0 Å². The third kappa shape index (κ3) is 3.45. The van der Waals surface area contributed by atoms with Crippen molar-refractivity contribution in [1.82, 2.24) is 14.9 Å². The number of hydrogen-bond acceptors (Lipinski definition) is 3. The lowest BCUT2D eigenvalue weighted by molar-refractivity contribution is 0.552. The Labute approximate surface area is 135 Å². The van der Waals surface area contributed by atoms with E-state index >= 15 is 0 Å². The first-order valence-electron chi connectivity index (χ1n) is 8.26. The fourth-order valence-corrected chi connectivity index (χ4v) is 3.30. The van der Waals surface area contributed by atoms with Gasteiger partial charge in [0.15, 0.2) is 0 Å². The number of nitrogens with zero attached hydrogens (tertiary/aromatic N) is 1. The third-order valence-corrected chi connectivity index (χ3v) is 4.53. The zero-order valence-electron chi connectivity index (χ0n) is 13.5. The Morgan fingerprint density at radius 2 is 1.78 bits per heavy atom. The summed E-state index contributed by atoms with van der Waals surface area (Å²) < 4.78 is 1.76. The van der Waals surface area contributed by atoms with Gasteiger partial charge in [0.1, 0.15) is 0 Å². The van der Waals surface area contributed by atoms with Crippen LogP contribution in [0.1, 0.15) is 35.2 Å². The van der Waals surface area contributed by atoms with Crippen molar-refractivity contribution in [2.45, 2.75) is 45.2 Å². The summed E-state index contributed by atoms with van der Waals surface area (Å²) in [6, 6.07) is 8.43. The normalized spacial score (nSPS) is 13.8. The predicted octanol–water partition coefficient (Wildman–Crippen LogP) is 1.38. The van der Waals surface area contributed by atoms with Crippen LogP contribution in [-0.2, 0) is 32.4 Å². The summed E-state index contributed by atoms with van der Waals surface area (Å²) in [7, 11) is 1.93. The maximum atomic E-state index is 12.2. The van der Waals surface area contributed by atoms with Crippen molar-refractivity contribution >= 4 is 0 Å². The van der Waals surface area contributed by atoms with E-state index in [0.29, 0.717) is 6.54 Å². The Hall–Kier alpha value is -2.14. The number of fused-ring (bicyclic) bond motifs is 1. The van der Waals surface area contributed by atoms with Gasteiger partial charge in [0.05, 0.1) is 0 Å². The fraction of sp³-hybridized carbons (Fsp3) is 0.444. The Bertz CT molecular complexity index is 787. The van der Waals surface area contributed by atoms with Gasteiger partial charge in [-0.3, -0.25) is 14.3 Å². The van der Waals surface area contributed by atoms with Gasteiger partial charge in [0, 0.05) is 24.3 Å². The second kappa shape index (κ2) is 6.96. The average Bonchev–Trinajstić information content (AvgIpc) is 2.56. The topological polar surface area (TPSA) is 66.9 Å². The largest absolute Gasteiger partial charge is 0.328 e. The van der Waals surface area contributed by atoms with Crippen LogP contribution in [0.2, 0.25) is 0 Å². The minimum atomic E-state index is -0.276. The molecule has 0 radical (unpaired) electrons. The molecule has 0 unspecified atom stereocenters. The summed E-state index contributed by atoms with van der Waals surface area (Å²) in [6.07, 6.45) is 4.48. The number of aryl methyl sites for hydroxylation is 1. The molecule has 0 aliphatic heterocycles. The van der Waals surface area contributed by atoms with Gasteiger partial charge in [-0.2, -0.15) is 0 Å². The molecule has 0 fully saturated rings. The molecule has 5 heteroatoms. The average molecular weight is 313 g/mol. The Kier molecular flexibility index (Phi) is 4.76. The summed E-state index contributed by atoms with van der Waals surface area (Å²) in [5.74, 6) is 0. The van der Waals surface area contributed by atoms with Gasteiger partial charge in [0.2, 0.25) is 0 Å². The van der Waals surface area contributed by atoms with Crippen molar-refractivity contribution < 1.29 is 0 Å². The summed E-state index contributed by atoms with van der Waals surface area (Å²) in [5, 5.41) is 3.13. The predicted molar refractivity (Wildman–Crippen MR) is 90.9 cm³/mol. The molecule has 0 saturated carbocycles. The molecule has 1 heterocycles. The lowest BCUT2D eigenvalue weighted by atomic mass is 9.96. The molecule has 122 valence electrons. The molecule has 1 aliphatic carbocycles. The molecule has 0 saturated heterocycles. The molecule has 1 aromatic carbocycles. The number of benzene rings is 1. The molecule has 1 aliphatic rings. The first-order valence-corrected chi connectivity index (χ1v) is 8.26. The highest BCUT2D eigenvalue weighted by Gasteiger charge is 2.17. The van der Waals surface area contributed by atoms with Crippen LogP contribution in [0.15, 0.2) is 33.9 Å². The number of hydrogen-bond donors (Lipinski definition) is 2. The summed E-state index contributed by atoms with van der Waals surface area (Å²) in [4.78, 5) is 26.6. The minimum Gasteiger partial charge on any atom is -0.316 e. The lowest BCUT2D eigenvalue weighted by Gasteiger charge is -2.19. The van der Waals surface area contributed by atoms with Gasteiger partial charge in [-0.1, -0.05) is 24.3 Å². The molecule has 3 rings (SSSR count). The van der Waals surface area contributed by atoms with Crippen molar-refractivity contribution in [2.75, 3.05) is 7.05 Å². The maximum absolute atomic E-state index is 12.2. The van der Waals surface area contributed by atoms with Gasteiger partial charge in [-0.25, -0.2) is 4.79 Å². The van der Waals surface area contributed by atoms with Gasteiger partial charge in [-0.05, 0) is 50.3 Å². The number of nitrogens with one attached hydrogen (secondary N) is 2. The highest BCUT2D eigenvalue weighted by atomic mass is 16.2. The van der Waals surface area contributed by atoms with Crippen molar-refractivity contribution in [3.63, 3.8) is 0 Å². The summed E-state index contributed by atoms with van der Waals surface area (Å²) in [6.45, 7) is 1.47. The van der Waals surface area contributed by atoms with E-state index in [-0.39, 0.29) is 11.2 Å². The Morgan fingerprint density at radius 1 is 1.09 bits per heavy atom. The van der Waals surface area contributed by atoms with Gasteiger partial charge >= 0.3 is 5.69 Å². The van der Waals surface area contributed by atoms with Gasteiger partial charge in [-0.15, -0.1) is 0 Å². The quantitative estimate of drug-likeness (QED) is 0.876. The van der Waals surface area contributed by atoms with E-state index in [2.05, 4.69) is 34.6 Å². The van der Waals surface area contributed by atoms with Crippen LogP contribution in [-0.4, -0.2) is 16.6 Å². The SMILES string of the molecule is CNCc1ccc(CCn2c3c(c(=O)[nH]c2=O)CCCC3)cc1. The van der Waals surface area contributed by atoms with E-state index in [9.17, 15) is 9.59 Å². The molecule has 0 amide bonds. The van der Waals surface area contributed by atoms with E-state index in [1.165, 1.54) is 11.1 Å². The molecule has 23 heavy (non-hydrogen) atoms. The first kappa shape index (κ1) is 15.7. The lowest BCUT2D eigenvalue weighted by Crippen LogP contribution is -2.37. The van der Waals surface area contributed by atoms with E-state index in [4.69, 9.17) is 0 Å². The standard InChI is InChI=1S/C18H23N3O2/c1-19-12-14-8-6-13(7-9-14)10-11-21-16-5-3-2-4-15(16)17(22)20-18(21)23/h6-9,19H,2-5,10-12H2,1H3,(H,20,22,23). The molecular weight excluding hydrogens is 290 g/mol. The minimum absolute atomic E-state index is 0.197. The smallest absolute Gasteiger partial charge is 0.316 e. The van der Waals surface area contributed by atoms with Crippen molar-refractivity contribution in [3.8, 4) is 0 Å². The number of aromatic nitrogens is 2. The maximum Gasteiger partial charge on any atom is 0.328 e. The molecular formula is C18H23N3O2. The van der Waals surface area contributed by atoms with Crippen LogP contribution in [0.25, 0.3) is 0 Å².